The molecule has 1 unspecified atom stereocenters. The molecular formula is C6H10O3. The molecule has 0 aromatic rings. The van der Waals surface area contributed by atoms with E-state index < -0.39 is 5.60 Å². The normalized spacial score (nSPS) is 16.2. The number of hydrogen-bond acceptors (Lipinski definition) is 3. The van der Waals surface area contributed by atoms with E-state index >= 15 is 0 Å². The summed E-state index contributed by atoms with van der Waals surface area (Å²) in [7, 11) is 0. The number of aldehydes is 2. The lowest BCUT2D eigenvalue weighted by molar-refractivity contribution is -0.123. The zero-order valence-electron chi connectivity index (χ0n) is 5.33. The average Bonchev–Trinajstić information content (AvgIpc) is 1.84. The largest absolute Gasteiger partial charge is 0.383 e. The van der Waals surface area contributed by atoms with Gasteiger partial charge in [0.25, 0.3) is 0 Å². The first-order valence-electron chi connectivity index (χ1n) is 2.75. The summed E-state index contributed by atoms with van der Waals surface area (Å²) in [5, 5.41) is 8.93. The predicted octanol–water partition coefficient (Wildman–Crippen LogP) is -0.0846. The van der Waals surface area contributed by atoms with Gasteiger partial charge in [-0.05, 0) is 13.3 Å². The molecule has 52 valence electrons. The van der Waals surface area contributed by atoms with Crippen LogP contribution in [0.25, 0.3) is 0 Å². The van der Waals surface area contributed by atoms with Crippen LogP contribution < -0.4 is 0 Å². The zero-order chi connectivity index (χ0) is 7.33. The molecule has 0 bridgehead atoms. The number of rotatable bonds is 4. The molecule has 0 aromatic heterocycles. The SMILES string of the molecule is CC(O)(C=O)CCC=O. The average molecular weight is 130 g/mol. The molecule has 0 aromatic carbocycles. The third-order valence-electron chi connectivity index (χ3n) is 1.02. The lowest BCUT2D eigenvalue weighted by Crippen LogP contribution is -2.25. The summed E-state index contributed by atoms with van der Waals surface area (Å²) in [6.07, 6.45) is 1.56. The molecule has 0 fully saturated rings. The molecule has 0 aliphatic carbocycles. The van der Waals surface area contributed by atoms with Crippen LogP contribution in [0.4, 0.5) is 0 Å². The van der Waals surface area contributed by atoms with E-state index in [0.29, 0.717) is 12.6 Å². The summed E-state index contributed by atoms with van der Waals surface area (Å²) in [4.78, 5) is 19.7. The molecule has 0 spiro atoms. The van der Waals surface area contributed by atoms with E-state index in [-0.39, 0.29) is 12.8 Å². The highest BCUT2D eigenvalue weighted by molar-refractivity contribution is 5.62. The zero-order valence-corrected chi connectivity index (χ0v) is 5.33. The van der Waals surface area contributed by atoms with Crippen LogP contribution in [0.15, 0.2) is 0 Å². The van der Waals surface area contributed by atoms with Gasteiger partial charge in [-0.1, -0.05) is 0 Å². The van der Waals surface area contributed by atoms with E-state index in [1.54, 1.807) is 0 Å². The Bertz CT molecular complexity index is 107. The van der Waals surface area contributed by atoms with Crippen LogP contribution in [0.2, 0.25) is 0 Å². The van der Waals surface area contributed by atoms with E-state index in [9.17, 15) is 9.59 Å². The molecule has 9 heavy (non-hydrogen) atoms. The first-order chi connectivity index (χ1) is 4.12. The lowest BCUT2D eigenvalue weighted by atomic mass is 10.0. The second kappa shape index (κ2) is 3.35. The number of carbonyl (C=O) groups excluding carboxylic acids is 2. The summed E-state index contributed by atoms with van der Waals surface area (Å²) in [5.74, 6) is 0. The van der Waals surface area contributed by atoms with Crippen LogP contribution in [-0.2, 0) is 9.59 Å². The van der Waals surface area contributed by atoms with Gasteiger partial charge in [0, 0.05) is 6.42 Å². The Kier molecular flexibility index (Phi) is 3.09. The van der Waals surface area contributed by atoms with E-state index in [2.05, 4.69) is 0 Å². The van der Waals surface area contributed by atoms with Crippen LogP contribution in [0.1, 0.15) is 19.8 Å². The molecule has 1 atom stereocenters. The first-order valence-corrected chi connectivity index (χ1v) is 2.75. The summed E-state index contributed by atoms with van der Waals surface area (Å²) >= 11 is 0. The molecular weight excluding hydrogens is 120 g/mol. The second-order valence-electron chi connectivity index (χ2n) is 2.18. The smallest absolute Gasteiger partial charge is 0.151 e. The van der Waals surface area contributed by atoms with Gasteiger partial charge < -0.3 is 14.7 Å². The van der Waals surface area contributed by atoms with Crippen molar-refractivity contribution < 1.29 is 14.7 Å². The molecule has 0 saturated heterocycles. The number of hydrogen-bond donors (Lipinski definition) is 1. The quantitative estimate of drug-likeness (QED) is 0.541. The van der Waals surface area contributed by atoms with Crippen molar-refractivity contribution in [3.05, 3.63) is 0 Å². The van der Waals surface area contributed by atoms with Gasteiger partial charge in [-0.2, -0.15) is 0 Å². The fourth-order valence-corrected chi connectivity index (χ4v) is 0.410. The maximum Gasteiger partial charge on any atom is 0.151 e. The van der Waals surface area contributed by atoms with E-state index in [1.807, 2.05) is 0 Å². The van der Waals surface area contributed by atoms with Crippen LogP contribution in [0, 0.1) is 0 Å². The van der Waals surface area contributed by atoms with Crippen LogP contribution in [0.3, 0.4) is 0 Å². The molecule has 0 aliphatic rings. The van der Waals surface area contributed by atoms with Gasteiger partial charge >= 0.3 is 0 Å². The fourth-order valence-electron chi connectivity index (χ4n) is 0.410. The van der Waals surface area contributed by atoms with Gasteiger partial charge in [0.05, 0.1) is 0 Å². The van der Waals surface area contributed by atoms with E-state index in [0.717, 1.165) is 0 Å². The Morgan fingerprint density at radius 1 is 1.56 bits per heavy atom. The van der Waals surface area contributed by atoms with Gasteiger partial charge in [0.15, 0.2) is 6.29 Å². The maximum absolute atomic E-state index is 9.97. The molecule has 0 radical (unpaired) electrons. The van der Waals surface area contributed by atoms with Gasteiger partial charge in [-0.3, -0.25) is 0 Å². The third kappa shape index (κ3) is 3.85. The van der Waals surface area contributed by atoms with Crippen molar-refractivity contribution in [2.75, 3.05) is 0 Å². The summed E-state index contributed by atoms with van der Waals surface area (Å²) in [6, 6.07) is 0. The fraction of sp³-hybridized carbons (Fsp3) is 0.667. The topological polar surface area (TPSA) is 54.4 Å². The van der Waals surface area contributed by atoms with E-state index in [4.69, 9.17) is 5.11 Å². The van der Waals surface area contributed by atoms with Crippen LogP contribution in [-0.4, -0.2) is 23.3 Å². The Morgan fingerprint density at radius 3 is 2.44 bits per heavy atom. The van der Waals surface area contributed by atoms with Gasteiger partial charge in [-0.15, -0.1) is 0 Å². The van der Waals surface area contributed by atoms with Crippen molar-refractivity contribution in [1.82, 2.24) is 0 Å². The predicted molar refractivity (Wildman–Crippen MR) is 32.0 cm³/mol. The van der Waals surface area contributed by atoms with Crippen molar-refractivity contribution in [1.29, 1.82) is 0 Å². The molecule has 0 amide bonds. The molecule has 1 N–H and O–H groups in total. The minimum Gasteiger partial charge on any atom is -0.383 e. The van der Waals surface area contributed by atoms with E-state index in [1.165, 1.54) is 6.92 Å². The highest BCUT2D eigenvalue weighted by Crippen LogP contribution is 2.05. The molecule has 3 nitrogen and oxygen atoms in total. The number of aliphatic hydroxyl groups is 1. The second-order valence-corrected chi connectivity index (χ2v) is 2.18. The summed E-state index contributed by atoms with van der Waals surface area (Å²) in [5.41, 5.74) is -1.32. The monoisotopic (exact) mass is 130 g/mol. The lowest BCUT2D eigenvalue weighted by Gasteiger charge is -2.11. The van der Waals surface area contributed by atoms with Gasteiger partial charge in [0.2, 0.25) is 0 Å². The highest BCUT2D eigenvalue weighted by atomic mass is 16.3. The van der Waals surface area contributed by atoms with Crippen molar-refractivity contribution >= 4 is 12.6 Å². The van der Waals surface area contributed by atoms with Crippen molar-refractivity contribution in [3.8, 4) is 0 Å². The Hall–Kier alpha value is -0.700. The minimum absolute atomic E-state index is 0.208. The highest BCUT2D eigenvalue weighted by Gasteiger charge is 2.17. The third-order valence-corrected chi connectivity index (χ3v) is 1.02. The minimum atomic E-state index is -1.32. The van der Waals surface area contributed by atoms with Crippen LogP contribution >= 0.6 is 0 Å². The van der Waals surface area contributed by atoms with Gasteiger partial charge in [0.1, 0.15) is 11.9 Å². The van der Waals surface area contributed by atoms with Crippen molar-refractivity contribution in [2.45, 2.75) is 25.4 Å². The molecule has 0 rings (SSSR count). The maximum atomic E-state index is 9.97. The number of carbonyl (C=O) groups is 2. The molecule has 3 heteroatoms. The Morgan fingerprint density at radius 2 is 2.11 bits per heavy atom. The van der Waals surface area contributed by atoms with Gasteiger partial charge in [-0.25, -0.2) is 0 Å². The molecule has 0 heterocycles. The van der Waals surface area contributed by atoms with Crippen molar-refractivity contribution in [3.63, 3.8) is 0 Å². The molecule has 0 saturated carbocycles. The standard InChI is InChI=1S/C6H10O3/c1-6(9,5-8)3-2-4-7/h4-5,9H,2-3H2,1H3. The summed E-state index contributed by atoms with van der Waals surface area (Å²) < 4.78 is 0. The summed E-state index contributed by atoms with van der Waals surface area (Å²) in [6.45, 7) is 1.38. The Labute approximate surface area is 53.7 Å². The van der Waals surface area contributed by atoms with Crippen LogP contribution in [0.5, 0.6) is 0 Å². The van der Waals surface area contributed by atoms with Crippen molar-refractivity contribution in [2.24, 2.45) is 0 Å². The first kappa shape index (κ1) is 8.30. The molecule has 0 aliphatic heterocycles. The Balaban J connectivity index is 3.57.